The first kappa shape index (κ1) is 17.6. The summed E-state index contributed by atoms with van der Waals surface area (Å²) in [5, 5.41) is 9.78. The number of thiophene rings is 1. The molecule has 134 valence electrons. The molecule has 1 aliphatic rings. The summed E-state index contributed by atoms with van der Waals surface area (Å²) in [6.45, 7) is 2.62. The number of amides is 1. The SMILES string of the molecule is CCCCN(C)C(=O)Cn1cnc2sc3c(c2c1=O)C(C(=O)O)CC3. The number of carboxylic acid groups (broad SMARTS) is 1. The zero-order valence-corrected chi connectivity index (χ0v) is 15.1. The summed E-state index contributed by atoms with van der Waals surface area (Å²) in [5.41, 5.74) is 0.277. The number of carbonyl (C=O) groups excluding carboxylic acids is 1. The number of aryl methyl sites for hydroxylation is 1. The normalized spacial score (nSPS) is 16.2. The molecule has 1 amide bonds. The van der Waals surface area contributed by atoms with Crippen molar-refractivity contribution in [2.75, 3.05) is 13.6 Å². The molecule has 3 rings (SSSR count). The molecule has 0 aliphatic heterocycles. The number of fused-ring (bicyclic) bond motifs is 3. The number of aliphatic carboxylic acids is 1. The maximum Gasteiger partial charge on any atom is 0.311 e. The minimum absolute atomic E-state index is 0.0790. The molecule has 1 unspecified atom stereocenters. The van der Waals surface area contributed by atoms with E-state index in [1.54, 1.807) is 11.9 Å². The van der Waals surface area contributed by atoms with Gasteiger partial charge in [-0.2, -0.15) is 0 Å². The Kier molecular flexibility index (Phi) is 4.89. The van der Waals surface area contributed by atoms with Crippen LogP contribution in [-0.2, 0) is 22.6 Å². The fourth-order valence-electron chi connectivity index (χ4n) is 3.21. The molecule has 0 saturated heterocycles. The quantitative estimate of drug-likeness (QED) is 0.845. The largest absolute Gasteiger partial charge is 0.481 e. The van der Waals surface area contributed by atoms with Crippen molar-refractivity contribution in [3.05, 3.63) is 27.1 Å². The van der Waals surface area contributed by atoms with Gasteiger partial charge in [0.15, 0.2) is 0 Å². The fraction of sp³-hybridized carbons (Fsp3) is 0.529. The lowest BCUT2D eigenvalue weighted by Crippen LogP contribution is -2.34. The van der Waals surface area contributed by atoms with Gasteiger partial charge >= 0.3 is 5.97 Å². The molecule has 1 aliphatic carbocycles. The Morgan fingerprint density at radius 3 is 2.92 bits per heavy atom. The van der Waals surface area contributed by atoms with Crippen molar-refractivity contribution < 1.29 is 14.7 Å². The summed E-state index contributed by atoms with van der Waals surface area (Å²) in [4.78, 5) is 44.0. The highest BCUT2D eigenvalue weighted by Crippen LogP contribution is 2.41. The molecule has 2 aromatic rings. The fourth-order valence-corrected chi connectivity index (χ4v) is 4.42. The van der Waals surface area contributed by atoms with Crippen LogP contribution in [0, 0.1) is 0 Å². The smallest absolute Gasteiger partial charge is 0.311 e. The van der Waals surface area contributed by atoms with E-state index in [0.717, 1.165) is 17.7 Å². The van der Waals surface area contributed by atoms with Crippen LogP contribution < -0.4 is 5.56 Å². The van der Waals surface area contributed by atoms with Gasteiger partial charge < -0.3 is 10.0 Å². The van der Waals surface area contributed by atoms with Gasteiger partial charge in [-0.25, -0.2) is 4.98 Å². The number of aromatic nitrogens is 2. The molecule has 0 bridgehead atoms. The third kappa shape index (κ3) is 3.18. The molecule has 1 N–H and O–H groups in total. The van der Waals surface area contributed by atoms with Gasteiger partial charge in [0, 0.05) is 18.5 Å². The van der Waals surface area contributed by atoms with Gasteiger partial charge in [-0.3, -0.25) is 19.0 Å². The topological polar surface area (TPSA) is 92.5 Å². The molecule has 25 heavy (non-hydrogen) atoms. The molecule has 0 radical (unpaired) electrons. The van der Waals surface area contributed by atoms with Crippen LogP contribution in [0.1, 0.15) is 42.5 Å². The van der Waals surface area contributed by atoms with E-state index in [0.29, 0.717) is 35.2 Å². The van der Waals surface area contributed by atoms with E-state index in [9.17, 15) is 19.5 Å². The first-order valence-electron chi connectivity index (χ1n) is 8.41. The van der Waals surface area contributed by atoms with Crippen molar-refractivity contribution in [2.45, 2.75) is 45.1 Å². The van der Waals surface area contributed by atoms with Gasteiger partial charge in [-0.15, -0.1) is 11.3 Å². The van der Waals surface area contributed by atoms with Crippen molar-refractivity contribution in [2.24, 2.45) is 0 Å². The number of hydrogen-bond donors (Lipinski definition) is 1. The van der Waals surface area contributed by atoms with Crippen molar-refractivity contribution in [3.63, 3.8) is 0 Å². The Hall–Kier alpha value is -2.22. The van der Waals surface area contributed by atoms with Gasteiger partial charge in [0.05, 0.1) is 17.6 Å². The predicted octanol–water partition coefficient (Wildman–Crippen LogP) is 1.83. The van der Waals surface area contributed by atoms with E-state index < -0.39 is 11.9 Å². The number of nitrogens with zero attached hydrogens (tertiary/aromatic N) is 3. The van der Waals surface area contributed by atoms with E-state index in [4.69, 9.17) is 0 Å². The number of carbonyl (C=O) groups is 2. The van der Waals surface area contributed by atoms with Crippen molar-refractivity contribution in [3.8, 4) is 0 Å². The molecule has 2 heterocycles. The van der Waals surface area contributed by atoms with Crippen LogP contribution >= 0.6 is 11.3 Å². The Labute approximate surface area is 148 Å². The standard InChI is InChI=1S/C17H21N3O4S/c1-3-4-7-19(2)12(21)8-20-9-18-15-14(16(20)22)13-10(17(23)24)5-6-11(13)25-15/h9-10H,3-8H2,1-2H3,(H,23,24). The number of likely N-dealkylation sites (N-methyl/N-ethyl adjacent to an activating group) is 1. The number of rotatable bonds is 6. The van der Waals surface area contributed by atoms with Gasteiger partial charge in [-0.05, 0) is 24.8 Å². The summed E-state index contributed by atoms with van der Waals surface area (Å²) in [5.74, 6) is -1.72. The van der Waals surface area contributed by atoms with Crippen LogP contribution in [0.2, 0.25) is 0 Å². The molecule has 2 aromatic heterocycles. The van der Waals surface area contributed by atoms with Crippen LogP contribution in [0.5, 0.6) is 0 Å². The highest BCUT2D eigenvalue weighted by Gasteiger charge is 2.34. The minimum atomic E-state index is -0.913. The van der Waals surface area contributed by atoms with Gasteiger partial charge in [0.25, 0.3) is 5.56 Å². The Morgan fingerprint density at radius 2 is 2.24 bits per heavy atom. The highest BCUT2D eigenvalue weighted by atomic mass is 32.1. The summed E-state index contributed by atoms with van der Waals surface area (Å²) in [7, 11) is 1.72. The first-order valence-corrected chi connectivity index (χ1v) is 9.23. The van der Waals surface area contributed by atoms with Gasteiger partial charge in [0.2, 0.25) is 5.91 Å². The molecule has 8 heteroatoms. The third-order valence-electron chi connectivity index (χ3n) is 4.68. The van der Waals surface area contributed by atoms with E-state index >= 15 is 0 Å². The first-order chi connectivity index (χ1) is 11.9. The average molecular weight is 363 g/mol. The lowest BCUT2D eigenvalue weighted by Gasteiger charge is -2.17. The molecule has 0 aromatic carbocycles. The van der Waals surface area contributed by atoms with E-state index in [2.05, 4.69) is 11.9 Å². The summed E-state index contributed by atoms with van der Waals surface area (Å²) >= 11 is 1.38. The molecule has 1 atom stereocenters. The Bertz CT molecular complexity index is 886. The monoisotopic (exact) mass is 363 g/mol. The highest BCUT2D eigenvalue weighted by molar-refractivity contribution is 7.18. The molecule has 0 fully saturated rings. The predicted molar refractivity (Wildman–Crippen MR) is 95.1 cm³/mol. The van der Waals surface area contributed by atoms with Crippen molar-refractivity contribution in [1.29, 1.82) is 0 Å². The summed E-state index contributed by atoms with van der Waals surface area (Å²) in [6.07, 6.45) is 4.46. The summed E-state index contributed by atoms with van der Waals surface area (Å²) < 4.78 is 1.29. The molecule has 0 spiro atoms. The lowest BCUT2D eigenvalue weighted by molar-refractivity contribution is -0.138. The van der Waals surface area contributed by atoms with E-state index in [1.807, 2.05) is 0 Å². The average Bonchev–Trinajstić information content (AvgIpc) is 3.13. The summed E-state index contributed by atoms with van der Waals surface area (Å²) in [6, 6.07) is 0. The second-order valence-corrected chi connectivity index (χ2v) is 7.48. The minimum Gasteiger partial charge on any atom is -0.481 e. The maximum absolute atomic E-state index is 12.9. The number of carboxylic acids is 1. The van der Waals surface area contributed by atoms with Gasteiger partial charge in [-0.1, -0.05) is 13.3 Å². The maximum atomic E-state index is 12.9. The van der Waals surface area contributed by atoms with Crippen LogP contribution in [0.15, 0.2) is 11.1 Å². The molecule has 7 nitrogen and oxygen atoms in total. The molecular formula is C17H21N3O4S. The third-order valence-corrected chi connectivity index (χ3v) is 5.85. The Morgan fingerprint density at radius 1 is 1.48 bits per heavy atom. The lowest BCUT2D eigenvalue weighted by atomic mass is 10.0. The second kappa shape index (κ2) is 6.95. The van der Waals surface area contributed by atoms with Gasteiger partial charge in [0.1, 0.15) is 11.4 Å². The van der Waals surface area contributed by atoms with E-state index in [1.165, 1.54) is 22.2 Å². The van der Waals surface area contributed by atoms with Crippen molar-refractivity contribution in [1.82, 2.24) is 14.5 Å². The Balaban J connectivity index is 1.95. The molecule has 0 saturated carbocycles. The van der Waals surface area contributed by atoms with Crippen LogP contribution in [-0.4, -0.2) is 45.0 Å². The second-order valence-electron chi connectivity index (χ2n) is 6.40. The number of unbranched alkanes of at least 4 members (excludes halogenated alkanes) is 1. The molecular weight excluding hydrogens is 342 g/mol. The van der Waals surface area contributed by atoms with Crippen LogP contribution in [0.4, 0.5) is 0 Å². The van der Waals surface area contributed by atoms with Crippen molar-refractivity contribution >= 4 is 33.4 Å². The number of hydrogen-bond acceptors (Lipinski definition) is 5. The zero-order chi connectivity index (χ0) is 18.1. The van der Waals surface area contributed by atoms with E-state index in [-0.39, 0.29) is 18.0 Å². The zero-order valence-electron chi connectivity index (χ0n) is 14.3. The van der Waals surface area contributed by atoms with Crippen LogP contribution in [0.3, 0.4) is 0 Å². The van der Waals surface area contributed by atoms with Crippen LogP contribution in [0.25, 0.3) is 10.2 Å².